The van der Waals surface area contributed by atoms with Gasteiger partial charge >= 0.3 is 11.9 Å². The molecule has 0 saturated heterocycles. The van der Waals surface area contributed by atoms with Gasteiger partial charge in [0.15, 0.2) is 0 Å². The molecule has 1 aliphatic rings. The van der Waals surface area contributed by atoms with E-state index in [4.69, 9.17) is 10.2 Å². The van der Waals surface area contributed by atoms with Crippen molar-refractivity contribution in [2.45, 2.75) is 32.6 Å². The van der Waals surface area contributed by atoms with E-state index in [2.05, 4.69) is 0 Å². The zero-order chi connectivity index (χ0) is 10.1. The van der Waals surface area contributed by atoms with Crippen LogP contribution in [0.4, 0.5) is 0 Å². The summed E-state index contributed by atoms with van der Waals surface area (Å²) >= 11 is 0. The van der Waals surface area contributed by atoms with Crippen molar-refractivity contribution in [3.8, 4) is 0 Å². The first kappa shape index (κ1) is 10.0. The minimum absolute atomic E-state index is 0.0250. The summed E-state index contributed by atoms with van der Waals surface area (Å²) in [6.07, 6.45) is 2.11. The van der Waals surface area contributed by atoms with Crippen molar-refractivity contribution >= 4 is 11.9 Å². The van der Waals surface area contributed by atoms with E-state index in [-0.39, 0.29) is 12.3 Å². The fourth-order valence-corrected chi connectivity index (χ4v) is 2.06. The zero-order valence-electron chi connectivity index (χ0n) is 7.62. The van der Waals surface area contributed by atoms with Crippen molar-refractivity contribution in [3.05, 3.63) is 0 Å². The molecule has 4 nitrogen and oxygen atoms in total. The summed E-state index contributed by atoms with van der Waals surface area (Å²) in [5.74, 6) is -1.97. The summed E-state index contributed by atoms with van der Waals surface area (Å²) < 4.78 is 0. The molecular weight excluding hydrogens is 172 g/mol. The van der Waals surface area contributed by atoms with E-state index >= 15 is 0 Å². The summed E-state index contributed by atoms with van der Waals surface area (Å²) in [5.41, 5.74) is -0.821. The Bertz CT molecular complexity index is 236. The molecule has 0 heterocycles. The topological polar surface area (TPSA) is 74.6 Å². The lowest BCUT2D eigenvalue weighted by Crippen LogP contribution is -2.32. The Balaban J connectivity index is 2.73. The molecule has 13 heavy (non-hydrogen) atoms. The normalized spacial score (nSPS) is 33.2. The highest BCUT2D eigenvalue weighted by atomic mass is 16.4. The Kier molecular flexibility index (Phi) is 2.59. The molecule has 0 bridgehead atoms. The fraction of sp³-hybridized carbons (Fsp3) is 0.778. The lowest BCUT2D eigenvalue weighted by Gasteiger charge is -2.25. The molecule has 0 aliphatic heterocycles. The lowest BCUT2D eigenvalue weighted by atomic mass is 9.78. The van der Waals surface area contributed by atoms with Crippen LogP contribution in [0.5, 0.6) is 0 Å². The van der Waals surface area contributed by atoms with E-state index in [1.807, 2.05) is 0 Å². The Labute approximate surface area is 76.6 Å². The minimum atomic E-state index is -0.903. The third-order valence-corrected chi connectivity index (χ3v) is 3.06. The average molecular weight is 186 g/mol. The van der Waals surface area contributed by atoms with Gasteiger partial charge in [-0.05, 0) is 25.7 Å². The molecular formula is C9H14O4. The smallest absolute Gasteiger partial charge is 0.309 e. The fourth-order valence-electron chi connectivity index (χ4n) is 2.06. The van der Waals surface area contributed by atoms with Crippen LogP contribution in [0.15, 0.2) is 0 Å². The largest absolute Gasteiger partial charge is 0.481 e. The number of carbonyl (C=O) groups is 2. The Hall–Kier alpha value is -1.06. The maximum absolute atomic E-state index is 10.9. The van der Waals surface area contributed by atoms with E-state index < -0.39 is 17.4 Å². The van der Waals surface area contributed by atoms with Gasteiger partial charge in [0.05, 0.1) is 5.41 Å². The molecule has 1 saturated carbocycles. The Morgan fingerprint density at radius 3 is 2.54 bits per heavy atom. The van der Waals surface area contributed by atoms with Crippen molar-refractivity contribution in [3.63, 3.8) is 0 Å². The first-order chi connectivity index (χ1) is 5.97. The van der Waals surface area contributed by atoms with Crippen molar-refractivity contribution in [2.24, 2.45) is 11.3 Å². The molecule has 2 atom stereocenters. The van der Waals surface area contributed by atoms with E-state index in [0.717, 1.165) is 12.8 Å². The molecule has 0 radical (unpaired) electrons. The van der Waals surface area contributed by atoms with Gasteiger partial charge in [-0.25, -0.2) is 0 Å². The highest BCUT2D eigenvalue weighted by molar-refractivity contribution is 5.76. The van der Waals surface area contributed by atoms with Gasteiger partial charge < -0.3 is 10.2 Å². The van der Waals surface area contributed by atoms with Crippen molar-refractivity contribution < 1.29 is 19.8 Å². The van der Waals surface area contributed by atoms with E-state index in [0.29, 0.717) is 6.42 Å². The summed E-state index contributed by atoms with van der Waals surface area (Å²) in [4.78, 5) is 21.4. The van der Waals surface area contributed by atoms with Gasteiger partial charge in [-0.3, -0.25) is 9.59 Å². The van der Waals surface area contributed by atoms with Gasteiger partial charge in [-0.15, -0.1) is 0 Å². The molecule has 1 fully saturated rings. The van der Waals surface area contributed by atoms with Gasteiger partial charge in [-0.1, -0.05) is 6.42 Å². The molecule has 1 rings (SSSR count). The number of hydrogen-bond donors (Lipinski definition) is 2. The van der Waals surface area contributed by atoms with Crippen LogP contribution >= 0.6 is 0 Å². The summed E-state index contributed by atoms with van der Waals surface area (Å²) in [5, 5.41) is 17.6. The van der Waals surface area contributed by atoms with Crippen molar-refractivity contribution in [1.82, 2.24) is 0 Å². The van der Waals surface area contributed by atoms with Gasteiger partial charge in [-0.2, -0.15) is 0 Å². The second-order valence-electron chi connectivity index (χ2n) is 3.91. The van der Waals surface area contributed by atoms with Gasteiger partial charge in [0.25, 0.3) is 0 Å². The molecule has 0 aromatic carbocycles. The second kappa shape index (κ2) is 3.36. The number of hydrogen-bond acceptors (Lipinski definition) is 2. The van der Waals surface area contributed by atoms with Gasteiger partial charge in [0.1, 0.15) is 0 Å². The van der Waals surface area contributed by atoms with Gasteiger partial charge in [0.2, 0.25) is 0 Å². The first-order valence-corrected chi connectivity index (χ1v) is 4.42. The zero-order valence-corrected chi connectivity index (χ0v) is 7.62. The second-order valence-corrected chi connectivity index (χ2v) is 3.91. The SMILES string of the molecule is C[C@]1(C(=O)O)CCC[C@H]1CC(=O)O. The Morgan fingerprint density at radius 2 is 2.08 bits per heavy atom. The van der Waals surface area contributed by atoms with Crippen LogP contribution in [-0.2, 0) is 9.59 Å². The predicted octanol–water partition coefficient (Wildman–Crippen LogP) is 1.35. The van der Waals surface area contributed by atoms with Crippen LogP contribution in [-0.4, -0.2) is 22.2 Å². The average Bonchev–Trinajstić information content (AvgIpc) is 2.33. The highest BCUT2D eigenvalue weighted by Crippen LogP contribution is 2.44. The molecule has 1 aliphatic carbocycles. The summed E-state index contributed by atoms with van der Waals surface area (Å²) in [6.45, 7) is 1.65. The quantitative estimate of drug-likeness (QED) is 0.697. The highest BCUT2D eigenvalue weighted by Gasteiger charge is 2.45. The van der Waals surface area contributed by atoms with Crippen LogP contribution in [0.2, 0.25) is 0 Å². The Morgan fingerprint density at radius 1 is 1.46 bits per heavy atom. The van der Waals surface area contributed by atoms with Crippen LogP contribution < -0.4 is 0 Å². The summed E-state index contributed by atoms with van der Waals surface area (Å²) in [7, 11) is 0. The lowest BCUT2D eigenvalue weighted by molar-refractivity contribution is -0.151. The number of aliphatic carboxylic acids is 2. The van der Waals surface area contributed by atoms with E-state index in [1.54, 1.807) is 6.92 Å². The third-order valence-electron chi connectivity index (χ3n) is 3.06. The molecule has 0 aromatic heterocycles. The molecule has 74 valence electrons. The van der Waals surface area contributed by atoms with Crippen LogP contribution in [0.3, 0.4) is 0 Å². The molecule has 0 aromatic rings. The van der Waals surface area contributed by atoms with E-state index in [9.17, 15) is 9.59 Å². The molecule has 0 unspecified atom stereocenters. The maximum atomic E-state index is 10.9. The van der Waals surface area contributed by atoms with Crippen LogP contribution in [0.1, 0.15) is 32.6 Å². The van der Waals surface area contributed by atoms with Crippen LogP contribution in [0.25, 0.3) is 0 Å². The van der Waals surface area contributed by atoms with Crippen LogP contribution in [0, 0.1) is 11.3 Å². The maximum Gasteiger partial charge on any atom is 0.309 e. The molecule has 0 spiro atoms. The number of carboxylic acids is 2. The number of rotatable bonds is 3. The third kappa shape index (κ3) is 1.82. The molecule has 0 amide bonds. The number of carboxylic acid groups (broad SMARTS) is 2. The van der Waals surface area contributed by atoms with Gasteiger partial charge in [0, 0.05) is 6.42 Å². The monoisotopic (exact) mass is 186 g/mol. The van der Waals surface area contributed by atoms with E-state index in [1.165, 1.54) is 0 Å². The predicted molar refractivity (Wildman–Crippen MR) is 45.3 cm³/mol. The summed E-state index contributed by atoms with van der Waals surface area (Å²) in [6, 6.07) is 0. The van der Waals surface area contributed by atoms with Crippen molar-refractivity contribution in [1.29, 1.82) is 0 Å². The minimum Gasteiger partial charge on any atom is -0.481 e. The standard InChI is InChI=1S/C9H14O4/c1-9(8(12)13)4-2-3-6(9)5-7(10)11/h6H,2-5H2,1H3,(H,10,11)(H,12,13)/t6-,9-/m0/s1. The molecule has 2 N–H and O–H groups in total. The first-order valence-electron chi connectivity index (χ1n) is 4.42. The van der Waals surface area contributed by atoms with Crippen molar-refractivity contribution in [2.75, 3.05) is 0 Å². The molecule has 4 heteroatoms.